The predicted molar refractivity (Wildman–Crippen MR) is 78.8 cm³/mol. The number of fused-ring (bicyclic) bond motifs is 1. The molecule has 2 nitrogen and oxygen atoms in total. The van der Waals surface area contributed by atoms with Gasteiger partial charge in [0, 0.05) is 17.6 Å². The highest BCUT2D eigenvalue weighted by Gasteiger charge is 2.12. The number of hydrogen-bond acceptors (Lipinski definition) is 2. The number of nitrogens with zero attached hydrogens (tertiary/aromatic N) is 1. The molecular formula is C17H15FN2. The lowest BCUT2D eigenvalue weighted by molar-refractivity contribution is 0.594. The van der Waals surface area contributed by atoms with Crippen molar-refractivity contribution in [3.05, 3.63) is 77.7 Å². The van der Waals surface area contributed by atoms with Crippen LogP contribution in [-0.2, 0) is 6.42 Å². The molecule has 1 atom stereocenters. The normalized spacial score (nSPS) is 12.5. The van der Waals surface area contributed by atoms with Gasteiger partial charge in [-0.1, -0.05) is 36.4 Å². The van der Waals surface area contributed by atoms with E-state index < -0.39 is 0 Å². The second kappa shape index (κ2) is 5.39. The third-order valence-corrected chi connectivity index (χ3v) is 3.48. The Balaban J connectivity index is 1.97. The average molecular weight is 266 g/mol. The number of aromatic nitrogens is 1. The largest absolute Gasteiger partial charge is 0.324 e. The Hall–Kier alpha value is -2.26. The van der Waals surface area contributed by atoms with E-state index in [9.17, 15) is 4.39 Å². The van der Waals surface area contributed by atoms with Crippen molar-refractivity contribution in [2.24, 2.45) is 5.73 Å². The predicted octanol–water partition coefficient (Wildman–Crippen LogP) is 3.62. The smallest absolute Gasteiger partial charge is 0.126 e. The van der Waals surface area contributed by atoms with E-state index in [1.165, 1.54) is 6.07 Å². The Kier molecular flexibility index (Phi) is 3.44. The summed E-state index contributed by atoms with van der Waals surface area (Å²) in [5.74, 6) is -0.207. The highest BCUT2D eigenvalue weighted by molar-refractivity contribution is 5.82. The Morgan fingerprint density at radius 1 is 1.00 bits per heavy atom. The molecule has 0 fully saturated rings. The molecule has 3 heteroatoms. The van der Waals surface area contributed by atoms with Crippen molar-refractivity contribution in [1.82, 2.24) is 4.98 Å². The molecule has 1 unspecified atom stereocenters. The molecule has 2 N–H and O–H groups in total. The van der Waals surface area contributed by atoms with Gasteiger partial charge >= 0.3 is 0 Å². The van der Waals surface area contributed by atoms with Crippen molar-refractivity contribution in [3.8, 4) is 0 Å². The molecule has 3 aromatic rings. The Labute approximate surface area is 117 Å². The summed E-state index contributed by atoms with van der Waals surface area (Å²) >= 11 is 0. The molecule has 1 aromatic heterocycles. The summed E-state index contributed by atoms with van der Waals surface area (Å²) in [6, 6.07) is 16.3. The zero-order chi connectivity index (χ0) is 13.9. The summed E-state index contributed by atoms with van der Waals surface area (Å²) in [5, 5.41) is 1.03. The van der Waals surface area contributed by atoms with Crippen LogP contribution in [0, 0.1) is 5.82 Å². The molecule has 20 heavy (non-hydrogen) atoms. The van der Waals surface area contributed by atoms with Gasteiger partial charge in [-0.05, 0) is 35.7 Å². The minimum Gasteiger partial charge on any atom is -0.324 e. The van der Waals surface area contributed by atoms with Gasteiger partial charge in [-0.2, -0.15) is 0 Å². The summed E-state index contributed by atoms with van der Waals surface area (Å²) in [7, 11) is 0. The zero-order valence-electron chi connectivity index (χ0n) is 11.0. The number of hydrogen-bond donors (Lipinski definition) is 1. The first kappa shape index (κ1) is 12.8. The van der Waals surface area contributed by atoms with E-state index in [0.717, 1.165) is 16.5 Å². The van der Waals surface area contributed by atoms with Crippen LogP contribution in [0.1, 0.15) is 17.2 Å². The van der Waals surface area contributed by atoms with E-state index in [2.05, 4.69) is 4.98 Å². The summed E-state index contributed by atoms with van der Waals surface area (Å²) in [5.41, 5.74) is 8.82. The molecule has 0 bridgehead atoms. The molecular weight excluding hydrogens is 251 g/mol. The fraction of sp³-hybridized carbons (Fsp3) is 0.118. The highest BCUT2D eigenvalue weighted by Crippen LogP contribution is 2.24. The van der Waals surface area contributed by atoms with E-state index >= 15 is 0 Å². The third-order valence-electron chi connectivity index (χ3n) is 3.48. The molecule has 0 saturated carbocycles. The van der Waals surface area contributed by atoms with Crippen molar-refractivity contribution in [2.45, 2.75) is 12.5 Å². The molecule has 0 amide bonds. The van der Waals surface area contributed by atoms with E-state index in [0.29, 0.717) is 12.0 Å². The third kappa shape index (κ3) is 2.40. The van der Waals surface area contributed by atoms with Crippen LogP contribution in [0.4, 0.5) is 4.39 Å². The van der Waals surface area contributed by atoms with Crippen molar-refractivity contribution in [3.63, 3.8) is 0 Å². The van der Waals surface area contributed by atoms with Gasteiger partial charge in [0.25, 0.3) is 0 Å². The summed E-state index contributed by atoms with van der Waals surface area (Å²) in [6.45, 7) is 0. The van der Waals surface area contributed by atoms with Gasteiger partial charge < -0.3 is 5.73 Å². The lowest BCUT2D eigenvalue weighted by atomic mass is 9.96. The molecule has 100 valence electrons. The molecule has 0 saturated heterocycles. The number of benzene rings is 2. The monoisotopic (exact) mass is 266 g/mol. The maximum Gasteiger partial charge on any atom is 0.126 e. The maximum atomic E-state index is 13.7. The van der Waals surface area contributed by atoms with Crippen LogP contribution in [0.25, 0.3) is 10.9 Å². The first-order chi connectivity index (χ1) is 9.75. The average Bonchev–Trinajstić information content (AvgIpc) is 2.49. The van der Waals surface area contributed by atoms with Crippen LogP contribution in [0.2, 0.25) is 0 Å². The molecule has 0 aliphatic heterocycles. The summed E-state index contributed by atoms with van der Waals surface area (Å²) in [4.78, 5) is 4.32. The van der Waals surface area contributed by atoms with Gasteiger partial charge in [0.15, 0.2) is 0 Å². The molecule has 0 aliphatic carbocycles. The van der Waals surface area contributed by atoms with Gasteiger partial charge in [-0.3, -0.25) is 4.98 Å². The van der Waals surface area contributed by atoms with Crippen molar-refractivity contribution in [1.29, 1.82) is 0 Å². The quantitative estimate of drug-likeness (QED) is 0.786. The minimum atomic E-state index is -0.250. The van der Waals surface area contributed by atoms with E-state index in [1.54, 1.807) is 18.3 Å². The van der Waals surface area contributed by atoms with Crippen LogP contribution < -0.4 is 5.73 Å². The van der Waals surface area contributed by atoms with Crippen molar-refractivity contribution in [2.75, 3.05) is 0 Å². The summed E-state index contributed by atoms with van der Waals surface area (Å²) in [6.07, 6.45) is 2.22. The molecule has 2 aromatic carbocycles. The Bertz CT molecular complexity index is 734. The van der Waals surface area contributed by atoms with Gasteiger partial charge in [-0.25, -0.2) is 4.39 Å². The second-order valence-electron chi connectivity index (χ2n) is 4.82. The SMILES string of the molecule is NC(Cc1ccccc1F)c1ccnc2ccccc12. The fourth-order valence-electron chi connectivity index (χ4n) is 2.45. The van der Waals surface area contributed by atoms with E-state index in [1.807, 2.05) is 36.4 Å². The lowest BCUT2D eigenvalue weighted by Crippen LogP contribution is -2.14. The van der Waals surface area contributed by atoms with Gasteiger partial charge in [0.05, 0.1) is 5.52 Å². The topological polar surface area (TPSA) is 38.9 Å². The van der Waals surface area contributed by atoms with Crippen molar-refractivity contribution >= 4 is 10.9 Å². The van der Waals surface area contributed by atoms with Crippen LogP contribution in [0.5, 0.6) is 0 Å². The number of halogens is 1. The molecule has 0 radical (unpaired) electrons. The lowest BCUT2D eigenvalue weighted by Gasteiger charge is -2.15. The molecule has 3 rings (SSSR count). The number of nitrogens with two attached hydrogens (primary N) is 1. The van der Waals surface area contributed by atoms with Gasteiger partial charge in [-0.15, -0.1) is 0 Å². The van der Waals surface area contributed by atoms with E-state index in [4.69, 9.17) is 5.73 Å². The first-order valence-corrected chi connectivity index (χ1v) is 6.58. The van der Waals surface area contributed by atoms with Crippen LogP contribution in [0.15, 0.2) is 60.8 Å². The van der Waals surface area contributed by atoms with Crippen LogP contribution in [-0.4, -0.2) is 4.98 Å². The standard InChI is InChI=1S/C17H15FN2/c18-15-7-3-1-5-12(15)11-16(19)13-9-10-20-17-8-4-2-6-14(13)17/h1-10,16H,11,19H2. The maximum absolute atomic E-state index is 13.7. The van der Waals surface area contributed by atoms with Gasteiger partial charge in [0.1, 0.15) is 5.82 Å². The van der Waals surface area contributed by atoms with Crippen LogP contribution in [0.3, 0.4) is 0 Å². The number of para-hydroxylation sites is 1. The molecule has 0 spiro atoms. The Morgan fingerprint density at radius 3 is 2.60 bits per heavy atom. The first-order valence-electron chi connectivity index (χ1n) is 6.58. The van der Waals surface area contributed by atoms with Crippen LogP contribution >= 0.6 is 0 Å². The fourth-order valence-corrected chi connectivity index (χ4v) is 2.45. The molecule has 0 aliphatic rings. The number of rotatable bonds is 3. The minimum absolute atomic E-state index is 0.207. The zero-order valence-corrected chi connectivity index (χ0v) is 11.0. The van der Waals surface area contributed by atoms with Gasteiger partial charge in [0.2, 0.25) is 0 Å². The second-order valence-corrected chi connectivity index (χ2v) is 4.82. The Morgan fingerprint density at radius 2 is 1.75 bits per heavy atom. The summed E-state index contributed by atoms with van der Waals surface area (Å²) < 4.78 is 13.7. The highest BCUT2D eigenvalue weighted by atomic mass is 19.1. The number of pyridine rings is 1. The van der Waals surface area contributed by atoms with E-state index in [-0.39, 0.29) is 11.9 Å². The molecule has 1 heterocycles. The van der Waals surface area contributed by atoms with Crippen molar-refractivity contribution < 1.29 is 4.39 Å².